The Morgan fingerprint density at radius 2 is 2.00 bits per heavy atom. The second kappa shape index (κ2) is 5.70. The standard InChI is InChI=1S/C11H17NO3/c1-12-7-9(13)11(14)8-5-3-4-6-10(8)15-2/h3-6,9,11-14H,7H2,1-2H3. The summed E-state index contributed by atoms with van der Waals surface area (Å²) in [7, 11) is 3.26. The summed E-state index contributed by atoms with van der Waals surface area (Å²) in [4.78, 5) is 0. The highest BCUT2D eigenvalue weighted by atomic mass is 16.5. The largest absolute Gasteiger partial charge is 0.496 e. The first-order valence-corrected chi connectivity index (χ1v) is 4.84. The zero-order chi connectivity index (χ0) is 11.3. The lowest BCUT2D eigenvalue weighted by molar-refractivity contribution is 0.0189. The number of aliphatic hydroxyl groups is 2. The zero-order valence-electron chi connectivity index (χ0n) is 8.97. The molecule has 2 unspecified atom stereocenters. The maximum absolute atomic E-state index is 9.86. The summed E-state index contributed by atoms with van der Waals surface area (Å²) in [5.74, 6) is 0.583. The molecule has 1 aromatic carbocycles. The van der Waals surface area contributed by atoms with Crippen LogP contribution in [0.4, 0.5) is 0 Å². The fraction of sp³-hybridized carbons (Fsp3) is 0.455. The summed E-state index contributed by atoms with van der Waals surface area (Å²) in [5.41, 5.74) is 0.600. The smallest absolute Gasteiger partial charge is 0.124 e. The average Bonchev–Trinajstić information content (AvgIpc) is 2.28. The molecule has 0 amide bonds. The molecule has 0 saturated carbocycles. The quantitative estimate of drug-likeness (QED) is 0.656. The fourth-order valence-electron chi connectivity index (χ4n) is 1.44. The van der Waals surface area contributed by atoms with Crippen LogP contribution in [0.3, 0.4) is 0 Å². The van der Waals surface area contributed by atoms with Crippen molar-refractivity contribution in [2.24, 2.45) is 0 Å². The van der Waals surface area contributed by atoms with Crippen LogP contribution < -0.4 is 10.1 Å². The highest BCUT2D eigenvalue weighted by Crippen LogP contribution is 2.26. The Hall–Kier alpha value is -1.10. The molecule has 4 heteroatoms. The average molecular weight is 211 g/mol. The van der Waals surface area contributed by atoms with Gasteiger partial charge < -0.3 is 20.3 Å². The van der Waals surface area contributed by atoms with Gasteiger partial charge >= 0.3 is 0 Å². The molecular weight excluding hydrogens is 194 g/mol. The van der Waals surface area contributed by atoms with Gasteiger partial charge in [0.1, 0.15) is 11.9 Å². The monoisotopic (exact) mass is 211 g/mol. The molecule has 1 aromatic rings. The Morgan fingerprint density at radius 3 is 2.60 bits per heavy atom. The van der Waals surface area contributed by atoms with E-state index < -0.39 is 12.2 Å². The number of nitrogens with one attached hydrogen (secondary N) is 1. The van der Waals surface area contributed by atoms with Crippen molar-refractivity contribution in [3.63, 3.8) is 0 Å². The SMILES string of the molecule is CNCC(O)C(O)c1ccccc1OC. The summed E-state index contributed by atoms with van der Waals surface area (Å²) in [5, 5.41) is 22.3. The van der Waals surface area contributed by atoms with Crippen LogP contribution in [0.2, 0.25) is 0 Å². The first kappa shape index (κ1) is 12.0. The Labute approximate surface area is 89.5 Å². The van der Waals surface area contributed by atoms with Crippen LogP contribution in [0.15, 0.2) is 24.3 Å². The minimum absolute atomic E-state index is 0.333. The molecule has 0 bridgehead atoms. The van der Waals surface area contributed by atoms with Crippen LogP contribution in [0.5, 0.6) is 5.75 Å². The summed E-state index contributed by atoms with van der Waals surface area (Å²) in [6, 6.07) is 7.11. The first-order valence-electron chi connectivity index (χ1n) is 4.84. The molecule has 0 aliphatic heterocycles. The van der Waals surface area contributed by atoms with E-state index in [9.17, 15) is 10.2 Å². The van der Waals surface area contributed by atoms with Crippen molar-refractivity contribution in [1.82, 2.24) is 5.32 Å². The molecule has 3 N–H and O–H groups in total. The minimum atomic E-state index is -0.936. The first-order chi connectivity index (χ1) is 7.20. The third-order valence-electron chi connectivity index (χ3n) is 2.24. The van der Waals surface area contributed by atoms with Crippen molar-refractivity contribution in [2.45, 2.75) is 12.2 Å². The maximum atomic E-state index is 9.86. The van der Waals surface area contributed by atoms with Crippen molar-refractivity contribution in [2.75, 3.05) is 20.7 Å². The van der Waals surface area contributed by atoms with E-state index in [0.29, 0.717) is 17.9 Å². The van der Waals surface area contributed by atoms with Crippen molar-refractivity contribution in [3.8, 4) is 5.75 Å². The number of aliphatic hydroxyl groups excluding tert-OH is 2. The fourth-order valence-corrected chi connectivity index (χ4v) is 1.44. The number of likely N-dealkylation sites (N-methyl/N-ethyl adjacent to an activating group) is 1. The lowest BCUT2D eigenvalue weighted by atomic mass is 10.0. The van der Waals surface area contributed by atoms with Crippen LogP contribution in [-0.4, -0.2) is 37.0 Å². The predicted molar refractivity (Wildman–Crippen MR) is 57.9 cm³/mol. The number of methoxy groups -OCH3 is 1. The third kappa shape index (κ3) is 2.92. The predicted octanol–water partition coefficient (Wildman–Crippen LogP) is 0.309. The lowest BCUT2D eigenvalue weighted by Crippen LogP contribution is -2.29. The van der Waals surface area contributed by atoms with Gasteiger partial charge in [-0.25, -0.2) is 0 Å². The number of benzene rings is 1. The third-order valence-corrected chi connectivity index (χ3v) is 2.24. The zero-order valence-corrected chi connectivity index (χ0v) is 8.97. The van der Waals surface area contributed by atoms with Crippen LogP contribution in [0.25, 0.3) is 0 Å². The Kier molecular flexibility index (Phi) is 4.55. The normalized spacial score (nSPS) is 14.7. The number of rotatable bonds is 5. The molecule has 0 saturated heterocycles. The molecule has 84 valence electrons. The van der Waals surface area contributed by atoms with Gasteiger partial charge in [0.25, 0.3) is 0 Å². The van der Waals surface area contributed by atoms with Gasteiger partial charge in [-0.05, 0) is 13.1 Å². The van der Waals surface area contributed by atoms with E-state index >= 15 is 0 Å². The van der Waals surface area contributed by atoms with Crippen molar-refractivity contribution >= 4 is 0 Å². The van der Waals surface area contributed by atoms with Gasteiger partial charge in [0.05, 0.1) is 13.2 Å². The van der Waals surface area contributed by atoms with Gasteiger partial charge in [0.2, 0.25) is 0 Å². The van der Waals surface area contributed by atoms with E-state index in [-0.39, 0.29) is 0 Å². The van der Waals surface area contributed by atoms with Gasteiger partial charge in [0.15, 0.2) is 0 Å². The van der Waals surface area contributed by atoms with Crippen molar-refractivity contribution in [1.29, 1.82) is 0 Å². The van der Waals surface area contributed by atoms with Crippen LogP contribution in [-0.2, 0) is 0 Å². The molecule has 0 aliphatic rings. The number of ether oxygens (including phenoxy) is 1. The number of para-hydroxylation sites is 1. The Bertz CT molecular complexity index is 304. The van der Waals surface area contributed by atoms with Crippen LogP contribution >= 0.6 is 0 Å². The Balaban J connectivity index is 2.84. The molecule has 1 rings (SSSR count). The molecule has 0 aliphatic carbocycles. The molecule has 15 heavy (non-hydrogen) atoms. The molecule has 0 heterocycles. The number of hydrogen-bond donors (Lipinski definition) is 3. The Morgan fingerprint density at radius 1 is 1.33 bits per heavy atom. The maximum Gasteiger partial charge on any atom is 0.124 e. The molecule has 0 radical (unpaired) electrons. The topological polar surface area (TPSA) is 61.7 Å². The van der Waals surface area contributed by atoms with Crippen molar-refractivity contribution in [3.05, 3.63) is 29.8 Å². The van der Waals surface area contributed by atoms with Gasteiger partial charge in [-0.1, -0.05) is 18.2 Å². The van der Waals surface area contributed by atoms with Crippen molar-refractivity contribution < 1.29 is 14.9 Å². The molecule has 0 fully saturated rings. The number of hydrogen-bond acceptors (Lipinski definition) is 4. The molecule has 0 aromatic heterocycles. The summed E-state index contributed by atoms with van der Waals surface area (Å²) in [6.45, 7) is 0.333. The van der Waals surface area contributed by atoms with Gasteiger partial charge in [-0.2, -0.15) is 0 Å². The van der Waals surface area contributed by atoms with E-state index in [0.717, 1.165) is 0 Å². The van der Waals surface area contributed by atoms with E-state index in [1.54, 1.807) is 25.2 Å². The highest BCUT2D eigenvalue weighted by molar-refractivity contribution is 5.35. The van der Waals surface area contributed by atoms with E-state index in [4.69, 9.17) is 4.74 Å². The summed E-state index contributed by atoms with van der Waals surface area (Å²) >= 11 is 0. The minimum Gasteiger partial charge on any atom is -0.496 e. The second-order valence-electron chi connectivity index (χ2n) is 3.31. The van der Waals surface area contributed by atoms with Gasteiger partial charge in [-0.15, -0.1) is 0 Å². The molecule has 2 atom stereocenters. The summed E-state index contributed by atoms with van der Waals surface area (Å²) < 4.78 is 5.10. The van der Waals surface area contributed by atoms with Crippen LogP contribution in [0, 0.1) is 0 Å². The van der Waals surface area contributed by atoms with E-state index in [2.05, 4.69) is 5.32 Å². The second-order valence-corrected chi connectivity index (χ2v) is 3.31. The molecule has 0 spiro atoms. The lowest BCUT2D eigenvalue weighted by Gasteiger charge is -2.19. The molecule has 4 nitrogen and oxygen atoms in total. The summed E-state index contributed by atoms with van der Waals surface area (Å²) in [6.07, 6.45) is -1.78. The van der Waals surface area contributed by atoms with E-state index in [1.807, 2.05) is 6.07 Å². The van der Waals surface area contributed by atoms with Gasteiger partial charge in [-0.3, -0.25) is 0 Å². The van der Waals surface area contributed by atoms with E-state index in [1.165, 1.54) is 7.11 Å². The molecular formula is C11H17NO3. The van der Waals surface area contributed by atoms with Crippen LogP contribution in [0.1, 0.15) is 11.7 Å². The van der Waals surface area contributed by atoms with Gasteiger partial charge in [0, 0.05) is 12.1 Å². The highest BCUT2D eigenvalue weighted by Gasteiger charge is 2.20.